The van der Waals surface area contributed by atoms with E-state index < -0.39 is 51.1 Å². The van der Waals surface area contributed by atoms with Crippen LogP contribution in [0.15, 0.2) is 36.5 Å². The molecule has 0 aromatic heterocycles. The van der Waals surface area contributed by atoms with E-state index in [-0.39, 0.29) is 19.4 Å². The molecule has 0 saturated carbocycles. The molecule has 4 N–H and O–H groups in total. The molecular formula is C44H78NO11P. The first-order chi connectivity index (χ1) is 27.6. The Bertz CT molecular complexity index is 1180. The average Bonchev–Trinajstić information content (AvgIpc) is 3.94. The number of rotatable bonds is 40. The summed E-state index contributed by atoms with van der Waals surface area (Å²) in [5.74, 6) is -2.45. The van der Waals surface area contributed by atoms with Gasteiger partial charge in [0.05, 0.1) is 25.4 Å². The molecule has 5 atom stereocenters. The van der Waals surface area contributed by atoms with Crippen molar-refractivity contribution in [2.75, 3.05) is 19.8 Å². The molecule has 0 aliphatic carbocycles. The van der Waals surface area contributed by atoms with Gasteiger partial charge in [-0.1, -0.05) is 153 Å². The van der Waals surface area contributed by atoms with E-state index in [1.807, 2.05) is 12.2 Å². The van der Waals surface area contributed by atoms with Crippen LogP contribution in [-0.2, 0) is 42.2 Å². The second-order valence-electron chi connectivity index (χ2n) is 15.2. The quantitative estimate of drug-likeness (QED) is 0.0175. The Kier molecular flexibility index (Phi) is 32.9. The molecule has 57 heavy (non-hydrogen) atoms. The fourth-order valence-electron chi connectivity index (χ4n) is 6.16. The van der Waals surface area contributed by atoms with Crippen LogP contribution in [0.1, 0.15) is 181 Å². The van der Waals surface area contributed by atoms with E-state index in [4.69, 9.17) is 29.6 Å². The monoisotopic (exact) mass is 828 g/mol. The highest BCUT2D eigenvalue weighted by Gasteiger charge is 2.36. The highest BCUT2D eigenvalue weighted by Crippen LogP contribution is 2.43. The lowest BCUT2D eigenvalue weighted by molar-refractivity contribution is -0.161. The van der Waals surface area contributed by atoms with Gasteiger partial charge >= 0.3 is 25.7 Å². The fraction of sp³-hybridized carbons (Fsp3) is 0.795. The van der Waals surface area contributed by atoms with E-state index in [0.717, 1.165) is 44.9 Å². The summed E-state index contributed by atoms with van der Waals surface area (Å²) in [4.78, 5) is 46.0. The van der Waals surface area contributed by atoms with Crippen LogP contribution in [0.3, 0.4) is 0 Å². The Balaban J connectivity index is 2.32. The van der Waals surface area contributed by atoms with Gasteiger partial charge in [0.15, 0.2) is 6.10 Å². The predicted molar refractivity (Wildman–Crippen MR) is 226 cm³/mol. The maximum Gasteiger partial charge on any atom is 0.472 e. The lowest BCUT2D eigenvalue weighted by atomic mass is 10.0. The third kappa shape index (κ3) is 33.2. The number of epoxide rings is 1. The van der Waals surface area contributed by atoms with Crippen LogP contribution in [-0.4, -0.2) is 72.1 Å². The minimum atomic E-state index is -4.73. The van der Waals surface area contributed by atoms with Gasteiger partial charge < -0.3 is 29.9 Å². The fourth-order valence-corrected chi connectivity index (χ4v) is 6.94. The van der Waals surface area contributed by atoms with E-state index in [0.29, 0.717) is 31.5 Å². The lowest BCUT2D eigenvalue weighted by Gasteiger charge is -2.20. The Morgan fingerprint density at radius 3 is 1.70 bits per heavy atom. The van der Waals surface area contributed by atoms with E-state index >= 15 is 0 Å². The molecular weight excluding hydrogens is 749 g/mol. The second-order valence-corrected chi connectivity index (χ2v) is 16.7. The van der Waals surface area contributed by atoms with Crippen molar-refractivity contribution >= 4 is 25.7 Å². The maximum absolute atomic E-state index is 12.6. The van der Waals surface area contributed by atoms with E-state index in [2.05, 4.69) is 42.7 Å². The summed E-state index contributed by atoms with van der Waals surface area (Å²) >= 11 is 0. The van der Waals surface area contributed by atoms with E-state index in [1.165, 1.54) is 89.9 Å². The summed E-state index contributed by atoms with van der Waals surface area (Å²) in [5.41, 5.74) is 5.33. The van der Waals surface area contributed by atoms with Crippen molar-refractivity contribution in [2.45, 2.75) is 205 Å². The van der Waals surface area contributed by atoms with Crippen LogP contribution in [0.4, 0.5) is 0 Å². The summed E-state index contributed by atoms with van der Waals surface area (Å²) in [7, 11) is -4.73. The third-order valence-electron chi connectivity index (χ3n) is 9.79. The molecule has 13 heteroatoms. The second kappa shape index (κ2) is 35.6. The highest BCUT2D eigenvalue weighted by atomic mass is 31.2. The molecule has 1 fully saturated rings. The van der Waals surface area contributed by atoms with Crippen LogP contribution < -0.4 is 5.73 Å². The predicted octanol–water partition coefficient (Wildman–Crippen LogP) is 10.6. The number of hydrogen-bond acceptors (Lipinski definition) is 10. The molecule has 1 rings (SSSR count). The van der Waals surface area contributed by atoms with Crippen molar-refractivity contribution in [3.63, 3.8) is 0 Å². The van der Waals surface area contributed by atoms with E-state index in [1.54, 1.807) is 0 Å². The van der Waals surface area contributed by atoms with Crippen LogP contribution in [0.5, 0.6) is 0 Å². The molecule has 0 spiro atoms. The number of esters is 2. The van der Waals surface area contributed by atoms with Crippen LogP contribution in [0, 0.1) is 0 Å². The zero-order chi connectivity index (χ0) is 41.8. The summed E-state index contributed by atoms with van der Waals surface area (Å²) in [6.45, 7) is 2.71. The van der Waals surface area contributed by atoms with Gasteiger partial charge in [-0.3, -0.25) is 23.4 Å². The molecule has 1 heterocycles. The van der Waals surface area contributed by atoms with Gasteiger partial charge in [-0.15, -0.1) is 0 Å². The number of allylic oxidation sites excluding steroid dienone is 4. The van der Waals surface area contributed by atoms with Crippen LogP contribution >= 0.6 is 7.82 Å². The molecule has 0 aromatic rings. The number of aliphatic carboxylic acids is 1. The topological polar surface area (TPSA) is 184 Å². The van der Waals surface area contributed by atoms with Crippen molar-refractivity contribution in [3.8, 4) is 0 Å². The summed E-state index contributed by atoms with van der Waals surface area (Å²) < 4.78 is 38.4. The normalized spacial score (nSPS) is 17.6. The number of carbonyl (C=O) groups is 3. The standard InChI is InChI=1S/C44H78NO11P/c1-3-5-7-9-11-12-13-14-15-16-17-18-21-25-29-33-42(46)52-35-38(36-53-57(50,51)54-37-39(45)44(48)49)55-43(47)34-30-26-22-19-20-24-28-32-41-40(56-41)31-27-23-10-8-6-4-2/h19,22-24,27-28,38-41H,3-18,20-21,25-26,29-37,45H2,1-2H3,(H,48,49)(H,50,51)/b22-19-,27-23+,28-24-. The molecule has 1 aliphatic heterocycles. The Morgan fingerprint density at radius 2 is 1.11 bits per heavy atom. The number of unbranched alkanes of at least 4 members (excludes halogenated alkanes) is 18. The number of phosphoric ester groups is 1. The van der Waals surface area contributed by atoms with Crippen LogP contribution in [0.25, 0.3) is 0 Å². The average molecular weight is 828 g/mol. The molecule has 0 radical (unpaired) electrons. The number of carbonyl (C=O) groups excluding carboxylic acids is 2. The Hall–Kier alpha value is -2.34. The zero-order valence-corrected chi connectivity index (χ0v) is 36.3. The number of carboxylic acids is 1. The minimum Gasteiger partial charge on any atom is -0.480 e. The van der Waals surface area contributed by atoms with E-state index in [9.17, 15) is 23.8 Å². The van der Waals surface area contributed by atoms with Gasteiger partial charge in [0, 0.05) is 12.8 Å². The molecule has 0 amide bonds. The van der Waals surface area contributed by atoms with Gasteiger partial charge in [0.1, 0.15) is 12.6 Å². The smallest absolute Gasteiger partial charge is 0.472 e. The van der Waals surface area contributed by atoms with Gasteiger partial charge in [-0.25, -0.2) is 4.57 Å². The third-order valence-corrected chi connectivity index (χ3v) is 10.7. The summed E-state index contributed by atoms with van der Waals surface area (Å²) in [6, 6.07) is -1.53. The maximum atomic E-state index is 12.6. The number of hydrogen-bond donors (Lipinski definition) is 3. The molecule has 5 unspecified atom stereocenters. The Labute approximate surface area is 344 Å². The van der Waals surface area contributed by atoms with Crippen molar-refractivity contribution < 1.29 is 52.2 Å². The molecule has 1 aliphatic rings. The molecule has 330 valence electrons. The number of ether oxygens (including phenoxy) is 3. The first-order valence-corrected chi connectivity index (χ1v) is 23.6. The van der Waals surface area contributed by atoms with Gasteiger partial charge in [-0.05, 0) is 51.4 Å². The summed E-state index contributed by atoms with van der Waals surface area (Å²) in [6.07, 6.45) is 39.6. The van der Waals surface area contributed by atoms with Crippen molar-refractivity contribution in [2.24, 2.45) is 5.73 Å². The number of carboxylic acid groups (broad SMARTS) is 1. The minimum absolute atomic E-state index is 0.0813. The largest absolute Gasteiger partial charge is 0.480 e. The summed E-state index contributed by atoms with van der Waals surface area (Å²) in [5, 5.41) is 8.89. The number of nitrogens with two attached hydrogens (primary N) is 1. The van der Waals surface area contributed by atoms with Crippen molar-refractivity contribution in [1.29, 1.82) is 0 Å². The van der Waals surface area contributed by atoms with Gasteiger partial charge in [-0.2, -0.15) is 0 Å². The molecule has 0 aromatic carbocycles. The zero-order valence-electron chi connectivity index (χ0n) is 35.4. The SMILES string of the molecule is CCCCC/C=C/CC1OC1C/C=C\C/C=C\CCCC(=O)OC(COC(=O)CCCCCCCCCCCCCCCCC)COP(=O)(O)OCC(N)C(=O)O. The molecule has 1 saturated heterocycles. The van der Waals surface area contributed by atoms with Crippen molar-refractivity contribution in [1.82, 2.24) is 0 Å². The number of phosphoric acid groups is 1. The molecule has 0 bridgehead atoms. The van der Waals surface area contributed by atoms with Crippen LogP contribution in [0.2, 0.25) is 0 Å². The van der Waals surface area contributed by atoms with Gasteiger partial charge in [0.25, 0.3) is 0 Å². The first-order valence-electron chi connectivity index (χ1n) is 22.1. The lowest BCUT2D eigenvalue weighted by Crippen LogP contribution is -2.34. The Morgan fingerprint density at radius 1 is 0.632 bits per heavy atom. The first kappa shape index (κ1) is 52.7. The highest BCUT2D eigenvalue weighted by molar-refractivity contribution is 7.47. The molecule has 12 nitrogen and oxygen atoms in total. The van der Waals surface area contributed by atoms with Crippen molar-refractivity contribution in [3.05, 3.63) is 36.5 Å². The van der Waals surface area contributed by atoms with Gasteiger partial charge in [0.2, 0.25) is 0 Å².